The molecular formula is C23H28Cl2N2O3. The van der Waals surface area contributed by atoms with Gasteiger partial charge in [-0.1, -0.05) is 54.4 Å². The lowest BCUT2D eigenvalue weighted by atomic mass is 10.1. The molecule has 7 heteroatoms. The fourth-order valence-corrected chi connectivity index (χ4v) is 3.49. The minimum Gasteiger partial charge on any atom is -0.484 e. The van der Waals surface area contributed by atoms with Crippen LogP contribution in [0.5, 0.6) is 5.75 Å². The van der Waals surface area contributed by atoms with Crippen molar-refractivity contribution < 1.29 is 14.3 Å². The average molecular weight is 451 g/mol. The van der Waals surface area contributed by atoms with Crippen molar-refractivity contribution in [2.75, 3.05) is 6.61 Å². The van der Waals surface area contributed by atoms with Gasteiger partial charge in [0, 0.05) is 27.7 Å². The van der Waals surface area contributed by atoms with Crippen LogP contribution in [0.2, 0.25) is 10.0 Å². The van der Waals surface area contributed by atoms with Crippen LogP contribution in [-0.2, 0) is 16.1 Å². The summed E-state index contributed by atoms with van der Waals surface area (Å²) in [6.07, 6.45) is 0.432. The number of rotatable bonds is 8. The van der Waals surface area contributed by atoms with Crippen LogP contribution in [0, 0.1) is 0 Å². The average Bonchev–Trinajstić information content (AvgIpc) is 2.67. The zero-order chi connectivity index (χ0) is 22.3. The summed E-state index contributed by atoms with van der Waals surface area (Å²) in [5.41, 5.74) is 0.165. The van der Waals surface area contributed by atoms with Crippen molar-refractivity contribution in [1.82, 2.24) is 10.2 Å². The fraction of sp³-hybridized carbons (Fsp3) is 0.391. The molecule has 0 aliphatic rings. The van der Waals surface area contributed by atoms with Crippen molar-refractivity contribution in [1.29, 1.82) is 0 Å². The number of hydrogen-bond donors (Lipinski definition) is 1. The van der Waals surface area contributed by atoms with Crippen LogP contribution in [0.15, 0.2) is 48.5 Å². The summed E-state index contributed by atoms with van der Waals surface area (Å²) in [7, 11) is 0. The van der Waals surface area contributed by atoms with Crippen LogP contribution in [0.1, 0.15) is 39.7 Å². The number of carbonyl (C=O) groups is 2. The Hall–Kier alpha value is -2.24. The third-order valence-electron chi connectivity index (χ3n) is 4.38. The molecule has 1 atom stereocenters. The number of carbonyl (C=O) groups excluding carboxylic acids is 2. The van der Waals surface area contributed by atoms with Gasteiger partial charge in [0.25, 0.3) is 5.91 Å². The fourth-order valence-electron chi connectivity index (χ4n) is 2.97. The third-order valence-corrected chi connectivity index (χ3v) is 5.09. The molecular weight excluding hydrogens is 423 g/mol. The largest absolute Gasteiger partial charge is 0.484 e. The Labute approximate surface area is 188 Å². The van der Waals surface area contributed by atoms with E-state index in [0.29, 0.717) is 27.8 Å². The van der Waals surface area contributed by atoms with Crippen molar-refractivity contribution >= 4 is 35.0 Å². The van der Waals surface area contributed by atoms with E-state index in [-0.39, 0.29) is 25.0 Å². The molecule has 0 aliphatic carbocycles. The third kappa shape index (κ3) is 6.92. The van der Waals surface area contributed by atoms with E-state index in [1.807, 2.05) is 45.9 Å². The molecule has 0 spiro atoms. The lowest BCUT2D eigenvalue weighted by Gasteiger charge is -2.33. The monoisotopic (exact) mass is 450 g/mol. The molecule has 2 rings (SSSR count). The molecule has 1 N–H and O–H groups in total. The summed E-state index contributed by atoms with van der Waals surface area (Å²) in [5, 5.41) is 3.83. The lowest BCUT2D eigenvalue weighted by molar-refractivity contribution is -0.143. The summed E-state index contributed by atoms with van der Waals surface area (Å²) < 4.78 is 5.63. The topological polar surface area (TPSA) is 58.6 Å². The van der Waals surface area contributed by atoms with Gasteiger partial charge in [-0.3, -0.25) is 9.59 Å². The molecule has 0 aromatic heterocycles. The first-order chi connectivity index (χ1) is 14.1. The van der Waals surface area contributed by atoms with Gasteiger partial charge in [0.15, 0.2) is 6.61 Å². The maximum absolute atomic E-state index is 13.1. The molecule has 2 aromatic carbocycles. The predicted molar refractivity (Wildman–Crippen MR) is 121 cm³/mol. The van der Waals surface area contributed by atoms with Gasteiger partial charge < -0.3 is 15.0 Å². The van der Waals surface area contributed by atoms with Crippen LogP contribution >= 0.6 is 23.2 Å². The summed E-state index contributed by atoms with van der Waals surface area (Å²) in [5.74, 6) is 0.0146. The first-order valence-electron chi connectivity index (χ1n) is 9.84. The number of nitrogens with zero attached hydrogens (tertiary/aromatic N) is 1. The Morgan fingerprint density at radius 1 is 1.03 bits per heavy atom. The second kappa shape index (κ2) is 10.7. The van der Waals surface area contributed by atoms with Gasteiger partial charge in [-0.15, -0.1) is 0 Å². The van der Waals surface area contributed by atoms with Crippen molar-refractivity contribution in [3.8, 4) is 5.75 Å². The molecule has 0 bridgehead atoms. The van der Waals surface area contributed by atoms with E-state index in [0.717, 1.165) is 0 Å². The Morgan fingerprint density at radius 3 is 2.17 bits per heavy atom. The Morgan fingerprint density at radius 2 is 1.63 bits per heavy atom. The number of halogens is 2. The van der Waals surface area contributed by atoms with Crippen LogP contribution < -0.4 is 10.1 Å². The number of hydrogen-bond acceptors (Lipinski definition) is 3. The van der Waals surface area contributed by atoms with Gasteiger partial charge in [0.05, 0.1) is 0 Å². The summed E-state index contributed by atoms with van der Waals surface area (Å²) >= 11 is 12.7. The van der Waals surface area contributed by atoms with E-state index in [4.69, 9.17) is 27.9 Å². The number of ether oxygens (including phenoxy) is 1. The van der Waals surface area contributed by atoms with Crippen molar-refractivity contribution in [2.45, 2.75) is 52.2 Å². The highest BCUT2D eigenvalue weighted by Gasteiger charge is 2.31. The van der Waals surface area contributed by atoms with Gasteiger partial charge >= 0.3 is 0 Å². The zero-order valence-corrected chi connectivity index (χ0v) is 19.3. The summed E-state index contributed by atoms with van der Waals surface area (Å²) in [6, 6.07) is 13.5. The molecule has 30 heavy (non-hydrogen) atoms. The molecule has 0 heterocycles. The maximum Gasteiger partial charge on any atom is 0.261 e. The van der Waals surface area contributed by atoms with Crippen LogP contribution in [0.4, 0.5) is 0 Å². The normalized spacial score (nSPS) is 12.2. The van der Waals surface area contributed by atoms with Crippen LogP contribution in [-0.4, -0.2) is 34.9 Å². The molecule has 162 valence electrons. The van der Waals surface area contributed by atoms with Gasteiger partial charge in [-0.25, -0.2) is 0 Å². The van der Waals surface area contributed by atoms with E-state index in [1.54, 1.807) is 30.3 Å². The Balaban J connectivity index is 2.30. The molecule has 2 amide bonds. The lowest BCUT2D eigenvalue weighted by Crippen LogP contribution is -2.54. The number of benzene rings is 2. The standard InChI is InChI=1S/C23H28Cl2N2O3/c1-5-20(22(29)26-23(2,3)4)27(14-17-18(24)12-9-13-19(17)25)21(28)15-30-16-10-7-6-8-11-16/h6-13,20H,5,14-15H2,1-4H3,(H,26,29)/t20-/m1/s1. The second-order valence-corrected chi connectivity index (χ2v) is 8.80. The van der Waals surface area contributed by atoms with Crippen molar-refractivity contribution in [2.24, 2.45) is 0 Å². The second-order valence-electron chi connectivity index (χ2n) is 7.99. The van der Waals surface area contributed by atoms with Crippen molar-refractivity contribution in [3.05, 3.63) is 64.1 Å². The smallest absolute Gasteiger partial charge is 0.261 e. The molecule has 0 saturated heterocycles. The Kier molecular flexibility index (Phi) is 8.56. The minimum absolute atomic E-state index is 0.103. The SMILES string of the molecule is CC[C@H](C(=O)NC(C)(C)C)N(Cc1c(Cl)cccc1Cl)C(=O)COc1ccccc1. The van der Waals surface area contributed by atoms with Gasteiger partial charge in [0.2, 0.25) is 5.91 Å². The highest BCUT2D eigenvalue weighted by Crippen LogP contribution is 2.27. The Bertz CT molecular complexity index is 846. The number of nitrogens with one attached hydrogen (secondary N) is 1. The summed E-state index contributed by atoms with van der Waals surface area (Å²) in [4.78, 5) is 27.6. The number of amides is 2. The quantitative estimate of drug-likeness (QED) is 0.608. The molecule has 0 saturated carbocycles. The summed E-state index contributed by atoms with van der Waals surface area (Å²) in [6.45, 7) is 7.45. The minimum atomic E-state index is -0.691. The van der Waals surface area contributed by atoms with Gasteiger partial charge in [0.1, 0.15) is 11.8 Å². The van der Waals surface area contributed by atoms with E-state index < -0.39 is 11.6 Å². The maximum atomic E-state index is 13.1. The van der Waals surface area contributed by atoms with Crippen LogP contribution in [0.25, 0.3) is 0 Å². The van der Waals surface area contributed by atoms with Crippen LogP contribution in [0.3, 0.4) is 0 Å². The van der Waals surface area contributed by atoms with E-state index in [9.17, 15) is 9.59 Å². The van der Waals surface area contributed by atoms with Crippen molar-refractivity contribution in [3.63, 3.8) is 0 Å². The van der Waals surface area contributed by atoms with E-state index >= 15 is 0 Å². The van der Waals surface area contributed by atoms with E-state index in [2.05, 4.69) is 5.32 Å². The molecule has 0 unspecified atom stereocenters. The zero-order valence-electron chi connectivity index (χ0n) is 17.7. The van der Waals surface area contributed by atoms with E-state index in [1.165, 1.54) is 4.90 Å². The number of para-hydroxylation sites is 1. The highest BCUT2D eigenvalue weighted by atomic mass is 35.5. The van der Waals surface area contributed by atoms with Gasteiger partial charge in [-0.2, -0.15) is 0 Å². The van der Waals surface area contributed by atoms with Gasteiger partial charge in [-0.05, 0) is 51.5 Å². The highest BCUT2D eigenvalue weighted by molar-refractivity contribution is 6.36. The first kappa shape index (κ1) is 24.0. The predicted octanol–water partition coefficient (Wildman–Crippen LogP) is 5.09. The molecule has 0 fully saturated rings. The molecule has 0 aliphatic heterocycles. The first-order valence-corrected chi connectivity index (χ1v) is 10.6. The molecule has 5 nitrogen and oxygen atoms in total. The molecule has 0 radical (unpaired) electrons. The molecule has 2 aromatic rings.